The predicted octanol–water partition coefficient (Wildman–Crippen LogP) is 4.55. The summed E-state index contributed by atoms with van der Waals surface area (Å²) in [5, 5.41) is 0. The molecule has 5 nitrogen and oxygen atoms in total. The molecule has 2 aromatic carbocycles. The maximum absolute atomic E-state index is 13.6. The van der Waals surface area contributed by atoms with E-state index < -0.39 is 35.3 Å². The number of esters is 2. The Bertz CT molecular complexity index is 905. The van der Waals surface area contributed by atoms with E-state index in [2.05, 4.69) is 15.9 Å². The molecule has 152 valence electrons. The molecule has 0 aliphatic carbocycles. The van der Waals surface area contributed by atoms with Crippen molar-refractivity contribution in [2.45, 2.75) is 32.3 Å². The number of ether oxygens (including phenoxy) is 2. The number of carbonyl (C=O) groups is 3. The highest BCUT2D eigenvalue weighted by atomic mass is 79.9. The molecule has 1 aliphatic heterocycles. The van der Waals surface area contributed by atoms with Crippen LogP contribution in [0.2, 0.25) is 0 Å². The lowest BCUT2D eigenvalue weighted by Crippen LogP contribution is -2.41. The van der Waals surface area contributed by atoms with E-state index in [-0.39, 0.29) is 12.4 Å². The summed E-state index contributed by atoms with van der Waals surface area (Å²) in [5.74, 6) is -4.08. The van der Waals surface area contributed by atoms with E-state index >= 15 is 0 Å². The van der Waals surface area contributed by atoms with Crippen LogP contribution in [0.1, 0.15) is 42.6 Å². The van der Waals surface area contributed by atoms with Gasteiger partial charge in [0.15, 0.2) is 11.7 Å². The summed E-state index contributed by atoms with van der Waals surface area (Å²) < 4.78 is 11.6. The van der Waals surface area contributed by atoms with Crippen molar-refractivity contribution in [3.8, 4) is 0 Å². The van der Waals surface area contributed by atoms with E-state index in [1.807, 2.05) is 30.3 Å². The van der Waals surface area contributed by atoms with Crippen LogP contribution in [-0.2, 0) is 19.1 Å². The number of cyclic esters (lactones) is 1. The number of halogens is 1. The van der Waals surface area contributed by atoms with Crippen LogP contribution in [0.5, 0.6) is 0 Å². The molecule has 1 fully saturated rings. The SMILES string of the molecule is CCOC(=O)[C@@H]1C(=O)OC(C)(C)[C@H]1[C@H](C(=O)c1ccc(Br)cc1)c1ccccc1. The van der Waals surface area contributed by atoms with Gasteiger partial charge in [-0.05, 0) is 38.5 Å². The Kier molecular flexibility index (Phi) is 6.22. The van der Waals surface area contributed by atoms with E-state index in [0.717, 1.165) is 10.0 Å². The minimum atomic E-state index is -1.16. The molecule has 0 N–H and O–H groups in total. The van der Waals surface area contributed by atoms with Gasteiger partial charge in [-0.1, -0.05) is 58.4 Å². The molecule has 1 aliphatic rings. The molecule has 0 radical (unpaired) electrons. The van der Waals surface area contributed by atoms with Crippen molar-refractivity contribution >= 4 is 33.7 Å². The molecule has 3 atom stereocenters. The zero-order chi connectivity index (χ0) is 21.2. The molecule has 1 saturated heterocycles. The van der Waals surface area contributed by atoms with Crippen molar-refractivity contribution in [1.29, 1.82) is 0 Å². The van der Waals surface area contributed by atoms with Crippen LogP contribution in [0.25, 0.3) is 0 Å². The van der Waals surface area contributed by atoms with E-state index in [9.17, 15) is 14.4 Å². The summed E-state index contributed by atoms with van der Waals surface area (Å²) >= 11 is 3.38. The molecule has 0 aromatic heterocycles. The molecule has 0 saturated carbocycles. The Morgan fingerprint density at radius 2 is 1.72 bits per heavy atom. The summed E-state index contributed by atoms with van der Waals surface area (Å²) in [5.41, 5.74) is 0.214. The van der Waals surface area contributed by atoms with Crippen LogP contribution < -0.4 is 0 Å². The summed E-state index contributed by atoms with van der Waals surface area (Å²) in [6.45, 7) is 5.30. The van der Waals surface area contributed by atoms with Crippen LogP contribution in [0.4, 0.5) is 0 Å². The molecule has 0 unspecified atom stereocenters. The Hall–Kier alpha value is -2.47. The molecular formula is C23H23BrO5. The van der Waals surface area contributed by atoms with Crippen LogP contribution in [-0.4, -0.2) is 29.9 Å². The van der Waals surface area contributed by atoms with Gasteiger partial charge in [-0.25, -0.2) is 0 Å². The monoisotopic (exact) mass is 458 g/mol. The van der Waals surface area contributed by atoms with Gasteiger partial charge in [0, 0.05) is 16.0 Å². The second-order valence-corrected chi connectivity index (χ2v) is 8.46. The average Bonchev–Trinajstić information content (AvgIpc) is 2.92. The smallest absolute Gasteiger partial charge is 0.321 e. The second-order valence-electron chi connectivity index (χ2n) is 7.54. The van der Waals surface area contributed by atoms with Crippen LogP contribution in [0.3, 0.4) is 0 Å². The average molecular weight is 459 g/mol. The summed E-state index contributed by atoms with van der Waals surface area (Å²) in [6.07, 6.45) is 0. The second kappa shape index (κ2) is 8.49. The van der Waals surface area contributed by atoms with Crippen molar-refractivity contribution in [2.75, 3.05) is 6.61 Å². The number of benzene rings is 2. The third-order valence-electron chi connectivity index (χ3n) is 5.25. The Balaban J connectivity index is 2.13. The van der Waals surface area contributed by atoms with Crippen molar-refractivity contribution in [2.24, 2.45) is 11.8 Å². The van der Waals surface area contributed by atoms with Gasteiger partial charge in [0.2, 0.25) is 0 Å². The molecule has 29 heavy (non-hydrogen) atoms. The number of ketones is 1. The summed E-state index contributed by atoms with van der Waals surface area (Å²) in [7, 11) is 0. The van der Waals surface area contributed by atoms with E-state index in [1.54, 1.807) is 45.0 Å². The van der Waals surface area contributed by atoms with Gasteiger partial charge in [0.25, 0.3) is 0 Å². The normalized spacial score (nSPS) is 21.3. The fourth-order valence-corrected chi connectivity index (χ4v) is 4.25. The fraction of sp³-hybridized carbons (Fsp3) is 0.348. The van der Waals surface area contributed by atoms with Crippen molar-refractivity contribution in [1.82, 2.24) is 0 Å². The highest BCUT2D eigenvalue weighted by Gasteiger charge is 2.58. The minimum Gasteiger partial charge on any atom is -0.465 e. The number of Topliss-reactive ketones (excluding diaryl/α,β-unsaturated/α-hetero) is 1. The quantitative estimate of drug-likeness (QED) is 0.360. The third-order valence-corrected chi connectivity index (χ3v) is 5.78. The maximum atomic E-state index is 13.6. The number of hydrogen-bond donors (Lipinski definition) is 0. The van der Waals surface area contributed by atoms with Gasteiger partial charge >= 0.3 is 11.9 Å². The van der Waals surface area contributed by atoms with Crippen molar-refractivity contribution in [3.05, 3.63) is 70.2 Å². The highest BCUT2D eigenvalue weighted by molar-refractivity contribution is 9.10. The van der Waals surface area contributed by atoms with E-state index in [1.165, 1.54) is 0 Å². The molecule has 6 heteroatoms. The minimum absolute atomic E-state index is 0.145. The van der Waals surface area contributed by atoms with Crippen LogP contribution in [0, 0.1) is 11.8 Å². The molecular weight excluding hydrogens is 436 g/mol. The Morgan fingerprint density at radius 3 is 2.31 bits per heavy atom. The molecule has 1 heterocycles. The van der Waals surface area contributed by atoms with Crippen molar-refractivity contribution in [3.63, 3.8) is 0 Å². The highest BCUT2D eigenvalue weighted by Crippen LogP contribution is 2.47. The molecule has 0 bridgehead atoms. The first kappa shape index (κ1) is 21.2. The first-order chi connectivity index (χ1) is 13.8. The predicted molar refractivity (Wildman–Crippen MR) is 111 cm³/mol. The fourth-order valence-electron chi connectivity index (χ4n) is 3.98. The zero-order valence-electron chi connectivity index (χ0n) is 16.6. The van der Waals surface area contributed by atoms with Gasteiger partial charge in [-0.2, -0.15) is 0 Å². The lowest BCUT2D eigenvalue weighted by atomic mass is 9.69. The van der Waals surface area contributed by atoms with Gasteiger partial charge in [-0.15, -0.1) is 0 Å². The third kappa shape index (κ3) is 4.27. The number of hydrogen-bond acceptors (Lipinski definition) is 5. The summed E-state index contributed by atoms with van der Waals surface area (Å²) in [6, 6.07) is 16.2. The Morgan fingerprint density at radius 1 is 1.10 bits per heavy atom. The lowest BCUT2D eigenvalue weighted by molar-refractivity contribution is -0.157. The van der Waals surface area contributed by atoms with Gasteiger partial charge in [0.1, 0.15) is 5.60 Å². The molecule has 3 rings (SSSR count). The topological polar surface area (TPSA) is 69.7 Å². The zero-order valence-corrected chi connectivity index (χ0v) is 18.1. The number of carbonyl (C=O) groups excluding carboxylic acids is 3. The first-order valence-electron chi connectivity index (χ1n) is 9.50. The van der Waals surface area contributed by atoms with Gasteiger partial charge < -0.3 is 9.47 Å². The van der Waals surface area contributed by atoms with Crippen molar-refractivity contribution < 1.29 is 23.9 Å². The molecule has 0 amide bonds. The van der Waals surface area contributed by atoms with Gasteiger partial charge in [0.05, 0.1) is 12.5 Å². The van der Waals surface area contributed by atoms with E-state index in [4.69, 9.17) is 9.47 Å². The lowest BCUT2D eigenvalue weighted by Gasteiger charge is -2.33. The van der Waals surface area contributed by atoms with Gasteiger partial charge in [-0.3, -0.25) is 14.4 Å². The van der Waals surface area contributed by atoms with Crippen LogP contribution >= 0.6 is 15.9 Å². The van der Waals surface area contributed by atoms with Crippen LogP contribution in [0.15, 0.2) is 59.1 Å². The molecule has 2 aromatic rings. The first-order valence-corrected chi connectivity index (χ1v) is 10.3. The maximum Gasteiger partial charge on any atom is 0.321 e. The van der Waals surface area contributed by atoms with E-state index in [0.29, 0.717) is 5.56 Å². The Labute approximate surface area is 178 Å². The molecule has 0 spiro atoms. The standard InChI is InChI=1S/C23H23BrO5/c1-4-28-21(26)18-19(23(2,3)29-22(18)27)17(14-8-6-5-7-9-14)20(25)15-10-12-16(24)13-11-15/h5-13,17-19H,4H2,1-3H3/t17-,18-,19+/m1/s1. The summed E-state index contributed by atoms with van der Waals surface area (Å²) in [4.78, 5) is 38.9. The number of rotatable bonds is 6. The largest absolute Gasteiger partial charge is 0.465 e.